The Morgan fingerprint density at radius 1 is 0.818 bits per heavy atom. The molecule has 33 heavy (non-hydrogen) atoms. The molecule has 3 aromatic carbocycles. The van der Waals surface area contributed by atoms with E-state index in [4.69, 9.17) is 30.2 Å². The molecule has 0 radical (unpaired) electrons. The molecule has 0 fully saturated rings. The van der Waals surface area contributed by atoms with Crippen LogP contribution < -0.4 is 19.1 Å². The van der Waals surface area contributed by atoms with E-state index in [0.717, 1.165) is 46.4 Å². The first-order valence-corrected chi connectivity index (χ1v) is 11.3. The highest BCUT2D eigenvalue weighted by molar-refractivity contribution is 6.30. The van der Waals surface area contributed by atoms with Crippen molar-refractivity contribution in [3.8, 4) is 28.6 Å². The first-order chi connectivity index (χ1) is 16.2. The molecule has 5 nitrogen and oxygen atoms in total. The Labute approximate surface area is 196 Å². The number of para-hydroxylation sites is 1. The van der Waals surface area contributed by atoms with Crippen LogP contribution in [0.4, 0.5) is 5.69 Å². The smallest absolute Gasteiger partial charge is 0.231 e. The quantitative estimate of drug-likeness (QED) is 0.376. The van der Waals surface area contributed by atoms with E-state index in [0.29, 0.717) is 18.2 Å². The van der Waals surface area contributed by atoms with Crippen LogP contribution in [0.1, 0.15) is 16.9 Å². The van der Waals surface area contributed by atoms with Gasteiger partial charge in [0.1, 0.15) is 23.9 Å². The van der Waals surface area contributed by atoms with Crippen LogP contribution >= 0.6 is 11.6 Å². The van der Waals surface area contributed by atoms with Crippen LogP contribution in [-0.2, 0) is 12.0 Å². The number of ether oxygens (including phenoxy) is 3. The summed E-state index contributed by atoms with van der Waals surface area (Å²) in [4.78, 5) is 2.37. The molecule has 1 atom stereocenters. The van der Waals surface area contributed by atoms with Crippen molar-refractivity contribution in [2.24, 2.45) is 0 Å². The monoisotopic (exact) mass is 457 g/mol. The molecule has 1 aromatic heterocycles. The first kappa shape index (κ1) is 18.9. The summed E-state index contributed by atoms with van der Waals surface area (Å²) < 4.78 is 23.6. The van der Waals surface area contributed by atoms with E-state index in [9.17, 15) is 0 Å². The summed E-state index contributed by atoms with van der Waals surface area (Å²) in [6.45, 7) is 2.30. The van der Waals surface area contributed by atoms with Gasteiger partial charge in [0.2, 0.25) is 6.79 Å². The standard InChI is InChI=1S/C27H20ClNO4/c28-18-5-3-4-17(10-18)23-9-8-19(33-23)13-29-14-27(20-6-1-2-7-22(20)29)15-30-24-12-26-25(11-21(24)27)31-16-32-26/h1-12H,13-16H2. The number of hydrogen-bond acceptors (Lipinski definition) is 5. The Morgan fingerprint density at radius 2 is 1.70 bits per heavy atom. The lowest BCUT2D eigenvalue weighted by atomic mass is 9.77. The molecular weight excluding hydrogens is 438 g/mol. The number of hydrogen-bond donors (Lipinski definition) is 0. The largest absolute Gasteiger partial charge is 0.492 e. The molecule has 4 aromatic rings. The topological polar surface area (TPSA) is 44.1 Å². The number of benzene rings is 3. The van der Waals surface area contributed by atoms with Crippen LogP contribution in [-0.4, -0.2) is 19.9 Å². The predicted molar refractivity (Wildman–Crippen MR) is 125 cm³/mol. The molecule has 7 rings (SSSR count). The third-order valence-corrected chi connectivity index (χ3v) is 7.04. The average molecular weight is 458 g/mol. The van der Waals surface area contributed by atoms with Crippen LogP contribution in [0.3, 0.4) is 0 Å². The molecule has 0 saturated heterocycles. The fraction of sp³-hybridized carbons (Fsp3) is 0.185. The van der Waals surface area contributed by atoms with Crippen molar-refractivity contribution in [1.29, 1.82) is 0 Å². The van der Waals surface area contributed by atoms with E-state index in [1.54, 1.807) is 0 Å². The number of nitrogens with zero attached hydrogens (tertiary/aromatic N) is 1. The Bertz CT molecular complexity index is 1400. The highest BCUT2D eigenvalue weighted by Crippen LogP contribution is 2.54. The molecule has 6 heteroatoms. The molecule has 1 spiro atoms. The number of furan rings is 1. The molecule has 0 saturated carbocycles. The molecule has 0 bridgehead atoms. The Hall–Kier alpha value is -3.57. The highest BCUT2D eigenvalue weighted by atomic mass is 35.5. The summed E-state index contributed by atoms with van der Waals surface area (Å²) in [5.41, 5.74) is 4.34. The van der Waals surface area contributed by atoms with Gasteiger partial charge in [-0.3, -0.25) is 0 Å². The summed E-state index contributed by atoms with van der Waals surface area (Å²) in [5.74, 6) is 4.13. The van der Waals surface area contributed by atoms with Gasteiger partial charge in [-0.1, -0.05) is 41.9 Å². The number of fused-ring (bicyclic) bond motifs is 5. The SMILES string of the molecule is Clc1cccc(-c2ccc(CN3CC4(COc5cc6c(cc54)OCO6)c4ccccc43)o2)c1. The molecule has 1 unspecified atom stereocenters. The minimum atomic E-state index is -0.255. The van der Waals surface area contributed by atoms with Crippen LogP contribution in [0.2, 0.25) is 5.02 Å². The van der Waals surface area contributed by atoms with Crippen molar-refractivity contribution in [2.45, 2.75) is 12.0 Å². The van der Waals surface area contributed by atoms with Crippen LogP contribution in [0, 0.1) is 0 Å². The van der Waals surface area contributed by atoms with Gasteiger partial charge in [0.15, 0.2) is 11.5 Å². The van der Waals surface area contributed by atoms with Crippen molar-refractivity contribution in [3.05, 3.63) is 94.7 Å². The van der Waals surface area contributed by atoms with Gasteiger partial charge < -0.3 is 23.5 Å². The average Bonchev–Trinajstić information content (AvgIpc) is 3.61. The lowest BCUT2D eigenvalue weighted by Gasteiger charge is -2.24. The second-order valence-electron chi connectivity index (χ2n) is 8.72. The van der Waals surface area contributed by atoms with Gasteiger partial charge >= 0.3 is 0 Å². The zero-order valence-corrected chi connectivity index (χ0v) is 18.5. The first-order valence-electron chi connectivity index (χ1n) is 11.0. The number of rotatable bonds is 3. The van der Waals surface area contributed by atoms with E-state index in [-0.39, 0.29) is 12.2 Å². The van der Waals surface area contributed by atoms with E-state index in [1.165, 1.54) is 11.3 Å². The molecule has 3 aliphatic rings. The van der Waals surface area contributed by atoms with Crippen molar-refractivity contribution >= 4 is 17.3 Å². The van der Waals surface area contributed by atoms with Crippen LogP contribution in [0.15, 0.2) is 77.2 Å². The third-order valence-electron chi connectivity index (χ3n) is 6.80. The van der Waals surface area contributed by atoms with Gasteiger partial charge in [-0.2, -0.15) is 0 Å². The molecular formula is C27H20ClNO4. The minimum absolute atomic E-state index is 0.251. The van der Waals surface area contributed by atoms with Gasteiger partial charge in [-0.05, 0) is 42.0 Å². The predicted octanol–water partition coefficient (Wildman–Crippen LogP) is 6.03. The zero-order chi connectivity index (χ0) is 22.0. The molecule has 3 aliphatic heterocycles. The summed E-state index contributed by atoms with van der Waals surface area (Å²) in [6, 6.07) is 24.4. The Morgan fingerprint density at radius 3 is 2.61 bits per heavy atom. The van der Waals surface area contributed by atoms with Crippen LogP contribution in [0.5, 0.6) is 17.2 Å². The summed E-state index contributed by atoms with van der Waals surface area (Å²) in [6.07, 6.45) is 0. The maximum Gasteiger partial charge on any atom is 0.231 e. The van der Waals surface area contributed by atoms with E-state index >= 15 is 0 Å². The van der Waals surface area contributed by atoms with E-state index in [1.807, 2.05) is 42.5 Å². The van der Waals surface area contributed by atoms with Crippen molar-refractivity contribution in [1.82, 2.24) is 0 Å². The van der Waals surface area contributed by atoms with E-state index < -0.39 is 0 Å². The van der Waals surface area contributed by atoms with E-state index in [2.05, 4.69) is 35.2 Å². The molecule has 164 valence electrons. The minimum Gasteiger partial charge on any atom is -0.492 e. The Balaban J connectivity index is 1.24. The molecule has 0 amide bonds. The fourth-order valence-corrected chi connectivity index (χ4v) is 5.48. The third kappa shape index (κ3) is 2.85. The Kier molecular flexibility index (Phi) is 4.00. The fourth-order valence-electron chi connectivity index (χ4n) is 5.29. The summed E-state index contributed by atoms with van der Waals surface area (Å²) in [7, 11) is 0. The summed E-state index contributed by atoms with van der Waals surface area (Å²) >= 11 is 6.16. The van der Waals surface area contributed by atoms with Crippen molar-refractivity contribution < 1.29 is 18.6 Å². The van der Waals surface area contributed by atoms with Gasteiger partial charge in [0.25, 0.3) is 0 Å². The van der Waals surface area contributed by atoms with Crippen molar-refractivity contribution in [2.75, 3.05) is 24.8 Å². The van der Waals surface area contributed by atoms with Gasteiger partial charge in [-0.15, -0.1) is 0 Å². The molecule has 0 aliphatic carbocycles. The van der Waals surface area contributed by atoms with Crippen LogP contribution in [0.25, 0.3) is 11.3 Å². The highest BCUT2D eigenvalue weighted by Gasteiger charge is 2.50. The summed E-state index contributed by atoms with van der Waals surface area (Å²) in [5, 5.41) is 0.696. The zero-order valence-electron chi connectivity index (χ0n) is 17.7. The lowest BCUT2D eigenvalue weighted by Crippen LogP contribution is -2.35. The normalized spacial score (nSPS) is 19.6. The van der Waals surface area contributed by atoms with Gasteiger partial charge in [-0.25, -0.2) is 0 Å². The second-order valence-corrected chi connectivity index (χ2v) is 9.16. The maximum absolute atomic E-state index is 6.21. The second kappa shape index (κ2) is 6.96. The molecule has 4 heterocycles. The van der Waals surface area contributed by atoms with Crippen molar-refractivity contribution in [3.63, 3.8) is 0 Å². The van der Waals surface area contributed by atoms with Gasteiger partial charge in [0, 0.05) is 34.4 Å². The number of halogens is 1. The van der Waals surface area contributed by atoms with Gasteiger partial charge in [0.05, 0.1) is 12.0 Å². The molecule has 0 N–H and O–H groups in total. The lowest BCUT2D eigenvalue weighted by molar-refractivity contribution is 0.173. The number of anilines is 1. The maximum atomic E-state index is 6.21.